The van der Waals surface area contributed by atoms with Gasteiger partial charge in [-0.3, -0.25) is 9.48 Å². The average Bonchev–Trinajstić information content (AvgIpc) is 3.11. The third-order valence-corrected chi connectivity index (χ3v) is 4.10. The average molecular weight is 339 g/mol. The number of nitrogens with zero attached hydrogens (tertiary/aromatic N) is 5. The fraction of sp³-hybridized carbons (Fsp3) is 0.412. The van der Waals surface area contributed by atoms with Crippen molar-refractivity contribution in [2.24, 2.45) is 7.05 Å². The van der Waals surface area contributed by atoms with Crippen molar-refractivity contribution >= 4 is 5.52 Å². The fourth-order valence-electron chi connectivity index (χ4n) is 2.79. The molecule has 8 heteroatoms. The van der Waals surface area contributed by atoms with E-state index in [1.54, 1.807) is 30.3 Å². The zero-order valence-corrected chi connectivity index (χ0v) is 14.2. The molecule has 0 unspecified atom stereocenters. The van der Waals surface area contributed by atoms with Crippen molar-refractivity contribution in [2.75, 3.05) is 13.1 Å². The first kappa shape index (κ1) is 16.9. The molecular formula is C17H21N7O. The maximum absolute atomic E-state index is 11.9. The molecule has 8 nitrogen and oxygen atoms in total. The van der Waals surface area contributed by atoms with E-state index in [1.165, 1.54) is 49.5 Å². The van der Waals surface area contributed by atoms with Crippen molar-refractivity contribution in [3.05, 3.63) is 40.7 Å². The van der Waals surface area contributed by atoms with Crippen molar-refractivity contribution in [3.8, 4) is 17.3 Å². The van der Waals surface area contributed by atoms with Gasteiger partial charge < -0.3 is 10.3 Å². The van der Waals surface area contributed by atoms with E-state index in [4.69, 9.17) is 5.26 Å². The zero-order valence-electron chi connectivity index (χ0n) is 14.2. The van der Waals surface area contributed by atoms with Gasteiger partial charge in [0.1, 0.15) is 17.1 Å². The Labute approximate surface area is 145 Å². The second kappa shape index (κ2) is 7.77. The van der Waals surface area contributed by atoms with Crippen molar-refractivity contribution < 1.29 is 0 Å². The number of hydrogen-bond acceptors (Lipinski definition) is 5. The van der Waals surface area contributed by atoms with Crippen LogP contribution in [0.1, 0.15) is 31.2 Å². The van der Waals surface area contributed by atoms with Gasteiger partial charge in [-0.05, 0) is 25.9 Å². The Hall–Kier alpha value is -2.92. The van der Waals surface area contributed by atoms with E-state index >= 15 is 0 Å². The van der Waals surface area contributed by atoms with Crippen molar-refractivity contribution in [3.63, 3.8) is 0 Å². The maximum Gasteiger partial charge on any atom is 0.275 e. The monoisotopic (exact) mass is 339 g/mol. The number of fused-ring (bicyclic) bond motifs is 1. The molecule has 2 N–H and O–H groups in total. The van der Waals surface area contributed by atoms with E-state index in [2.05, 4.69) is 20.5 Å². The van der Waals surface area contributed by atoms with Gasteiger partial charge in [0.2, 0.25) is 0 Å². The smallest absolute Gasteiger partial charge is 0.275 e. The third-order valence-electron chi connectivity index (χ3n) is 4.10. The summed E-state index contributed by atoms with van der Waals surface area (Å²) in [7, 11) is 1.79. The van der Waals surface area contributed by atoms with Gasteiger partial charge in [-0.25, -0.2) is 4.52 Å². The summed E-state index contributed by atoms with van der Waals surface area (Å²) in [6.07, 6.45) is 12.1. The number of hydrogen-bond donors (Lipinski definition) is 2. The first-order chi connectivity index (χ1) is 12.2. The first-order valence-electron chi connectivity index (χ1n) is 8.39. The van der Waals surface area contributed by atoms with Crippen LogP contribution in [0.3, 0.4) is 0 Å². The van der Waals surface area contributed by atoms with Gasteiger partial charge in [-0.15, -0.1) is 0 Å². The lowest BCUT2D eigenvalue weighted by molar-refractivity contribution is 0.702. The second-order valence-corrected chi connectivity index (χ2v) is 6.03. The molecule has 1 aliphatic heterocycles. The summed E-state index contributed by atoms with van der Waals surface area (Å²) in [6, 6.07) is 1.93. The molecule has 25 heavy (non-hydrogen) atoms. The molecule has 3 aromatic heterocycles. The molecule has 0 amide bonds. The van der Waals surface area contributed by atoms with Crippen LogP contribution >= 0.6 is 0 Å². The number of aromatic nitrogens is 5. The van der Waals surface area contributed by atoms with Crippen molar-refractivity contribution in [2.45, 2.75) is 25.7 Å². The van der Waals surface area contributed by atoms with Gasteiger partial charge in [0.05, 0.1) is 24.3 Å². The number of H-pyrrole nitrogens is 1. The first-order valence-corrected chi connectivity index (χ1v) is 8.39. The highest BCUT2D eigenvalue weighted by molar-refractivity contribution is 5.63. The topological polar surface area (TPSA) is 104 Å². The normalized spacial score (nSPS) is 14.4. The summed E-state index contributed by atoms with van der Waals surface area (Å²) in [5.41, 5.74) is 1.56. The van der Waals surface area contributed by atoms with Crippen LogP contribution in [0.15, 0.2) is 29.6 Å². The molecule has 0 saturated carbocycles. The summed E-state index contributed by atoms with van der Waals surface area (Å²) in [6.45, 7) is 2.50. The lowest BCUT2D eigenvalue weighted by Crippen LogP contribution is -2.12. The van der Waals surface area contributed by atoms with Gasteiger partial charge >= 0.3 is 0 Å². The molecular weight excluding hydrogens is 318 g/mol. The van der Waals surface area contributed by atoms with Crippen molar-refractivity contribution in [1.82, 2.24) is 29.7 Å². The quantitative estimate of drug-likeness (QED) is 0.698. The molecule has 0 radical (unpaired) electrons. The summed E-state index contributed by atoms with van der Waals surface area (Å²) >= 11 is 0. The van der Waals surface area contributed by atoms with Gasteiger partial charge in [0, 0.05) is 18.8 Å². The highest BCUT2D eigenvalue weighted by Crippen LogP contribution is 2.15. The molecule has 130 valence electrons. The van der Waals surface area contributed by atoms with Crippen LogP contribution in [0.2, 0.25) is 0 Å². The van der Waals surface area contributed by atoms with E-state index in [-0.39, 0.29) is 16.6 Å². The van der Waals surface area contributed by atoms with Crippen LogP contribution < -0.4 is 10.9 Å². The number of aryl methyl sites for hydroxylation is 1. The number of nitriles is 1. The molecule has 1 aliphatic rings. The van der Waals surface area contributed by atoms with E-state index in [9.17, 15) is 4.79 Å². The van der Waals surface area contributed by atoms with E-state index in [1.807, 2.05) is 6.07 Å². The Morgan fingerprint density at radius 2 is 1.88 bits per heavy atom. The second-order valence-electron chi connectivity index (χ2n) is 6.03. The van der Waals surface area contributed by atoms with Crippen LogP contribution in [0.4, 0.5) is 0 Å². The number of rotatable bonds is 1. The Kier molecular flexibility index (Phi) is 5.26. The Morgan fingerprint density at radius 3 is 2.52 bits per heavy atom. The van der Waals surface area contributed by atoms with Gasteiger partial charge in [-0.2, -0.15) is 15.5 Å². The molecule has 0 spiro atoms. The predicted molar refractivity (Wildman–Crippen MR) is 94.1 cm³/mol. The summed E-state index contributed by atoms with van der Waals surface area (Å²) in [5.74, 6) is 0. The Balaban J connectivity index is 0.000000219. The van der Waals surface area contributed by atoms with Crippen LogP contribution in [0, 0.1) is 11.3 Å². The van der Waals surface area contributed by atoms with Gasteiger partial charge in [0.15, 0.2) is 0 Å². The minimum atomic E-state index is -0.342. The molecule has 0 atom stereocenters. The Morgan fingerprint density at radius 1 is 1.12 bits per heavy atom. The maximum atomic E-state index is 11.9. The molecule has 0 aliphatic carbocycles. The molecule has 4 rings (SSSR count). The largest absolute Gasteiger partial charge is 0.319 e. The molecule has 1 saturated heterocycles. The fourth-order valence-corrected chi connectivity index (χ4v) is 2.79. The van der Waals surface area contributed by atoms with Crippen LogP contribution in [-0.4, -0.2) is 37.5 Å². The van der Waals surface area contributed by atoms with Crippen LogP contribution in [0.25, 0.3) is 16.8 Å². The molecule has 3 aromatic rings. The van der Waals surface area contributed by atoms with Crippen LogP contribution in [-0.2, 0) is 7.05 Å². The summed E-state index contributed by atoms with van der Waals surface area (Å²) in [4.78, 5) is 14.6. The lowest BCUT2D eigenvalue weighted by atomic mass is 10.2. The highest BCUT2D eigenvalue weighted by Gasteiger charge is 2.10. The Bertz CT molecular complexity index is 924. The summed E-state index contributed by atoms with van der Waals surface area (Å²) in [5, 5.41) is 20.2. The molecule has 0 aromatic carbocycles. The number of nitrogens with one attached hydrogen (secondary N) is 2. The third kappa shape index (κ3) is 3.95. The SMILES string of the molecule is C1CCCNCC1.Cn1cc(-c2cn3ncc(C#N)c3c(=O)[nH]2)cn1. The minimum absolute atomic E-state index is 0.255. The predicted octanol–water partition coefficient (Wildman–Crippen LogP) is 1.44. The minimum Gasteiger partial charge on any atom is -0.319 e. The van der Waals surface area contributed by atoms with E-state index < -0.39 is 0 Å². The zero-order chi connectivity index (χ0) is 17.6. The van der Waals surface area contributed by atoms with E-state index in [0.29, 0.717) is 5.69 Å². The summed E-state index contributed by atoms with van der Waals surface area (Å²) < 4.78 is 3.04. The van der Waals surface area contributed by atoms with Crippen molar-refractivity contribution in [1.29, 1.82) is 5.26 Å². The van der Waals surface area contributed by atoms with E-state index in [0.717, 1.165) is 5.56 Å². The molecule has 4 heterocycles. The van der Waals surface area contributed by atoms with Crippen LogP contribution in [0.5, 0.6) is 0 Å². The molecule has 0 bridgehead atoms. The van der Waals surface area contributed by atoms with Gasteiger partial charge in [0.25, 0.3) is 5.56 Å². The number of aromatic amines is 1. The molecule has 1 fully saturated rings. The van der Waals surface area contributed by atoms with Gasteiger partial charge in [-0.1, -0.05) is 12.8 Å². The lowest BCUT2D eigenvalue weighted by Gasteiger charge is -1.98. The standard InChI is InChI=1S/C11H8N6O.C6H13N/c1-16-5-8(4-13-16)9-6-17-10(11(18)15-9)7(2-12)3-14-17;1-2-4-6-7-5-3-1/h3-6H,1H3,(H,15,18);7H,1-6H2. The highest BCUT2D eigenvalue weighted by atomic mass is 16.1.